The normalized spacial score (nSPS) is 12.2. The van der Waals surface area contributed by atoms with Crippen molar-refractivity contribution in [1.82, 2.24) is 4.57 Å². The molecule has 2 aromatic carbocycles. The van der Waals surface area contributed by atoms with Gasteiger partial charge < -0.3 is 25.4 Å². The number of hydrogen-bond donors (Lipinski definition) is 3. The Labute approximate surface area is 212 Å². The molecule has 192 valence electrons. The smallest absolute Gasteiger partial charge is 0.416 e. The van der Waals surface area contributed by atoms with Gasteiger partial charge in [-0.1, -0.05) is 18.2 Å². The van der Waals surface area contributed by atoms with E-state index >= 15 is 0 Å². The number of rotatable bonds is 9. The number of thiazole rings is 1. The molecule has 4 N–H and O–H groups in total. The summed E-state index contributed by atoms with van der Waals surface area (Å²) in [6.07, 6.45) is -4.81. The van der Waals surface area contributed by atoms with Gasteiger partial charge in [-0.2, -0.15) is 13.2 Å². The molecule has 0 radical (unpaired) electrons. The lowest BCUT2D eigenvalue weighted by atomic mass is 10.0. The SMILES string of the molecule is COC(=O)[C@@H](N)Cc1ccc(Oc2ccc(Cc3sc(=S)n(CC(=O)O)c3O)c(C(F)(F)F)c2)cc1. The summed E-state index contributed by atoms with van der Waals surface area (Å²) in [6.45, 7) is -0.604. The average molecular weight is 543 g/mol. The van der Waals surface area contributed by atoms with Gasteiger partial charge in [0.1, 0.15) is 24.1 Å². The molecular weight excluding hydrogens is 521 g/mol. The molecule has 0 spiro atoms. The summed E-state index contributed by atoms with van der Waals surface area (Å²) in [5, 5.41) is 19.2. The van der Waals surface area contributed by atoms with Crippen molar-refractivity contribution in [2.75, 3.05) is 7.11 Å². The zero-order valence-corrected chi connectivity index (χ0v) is 20.4. The Kier molecular flexibility index (Phi) is 8.38. The molecule has 1 atom stereocenters. The number of carboxylic acid groups (broad SMARTS) is 1. The summed E-state index contributed by atoms with van der Waals surface area (Å²) >= 11 is 5.87. The van der Waals surface area contributed by atoms with E-state index in [9.17, 15) is 27.9 Å². The zero-order valence-electron chi connectivity index (χ0n) is 18.7. The maximum atomic E-state index is 13.8. The molecule has 1 aromatic heterocycles. The van der Waals surface area contributed by atoms with E-state index < -0.39 is 42.1 Å². The summed E-state index contributed by atoms with van der Waals surface area (Å²) in [4.78, 5) is 22.5. The third kappa shape index (κ3) is 6.62. The lowest BCUT2D eigenvalue weighted by Gasteiger charge is -2.15. The van der Waals surface area contributed by atoms with Gasteiger partial charge in [-0.3, -0.25) is 14.2 Å². The Morgan fingerprint density at radius 2 is 1.81 bits per heavy atom. The van der Waals surface area contributed by atoms with E-state index in [0.717, 1.165) is 22.0 Å². The summed E-state index contributed by atoms with van der Waals surface area (Å²) in [5.74, 6) is -2.08. The fourth-order valence-electron chi connectivity index (χ4n) is 3.36. The van der Waals surface area contributed by atoms with Gasteiger partial charge in [-0.25, -0.2) is 0 Å². The number of carbonyl (C=O) groups excluding carboxylic acids is 1. The Morgan fingerprint density at radius 1 is 1.17 bits per heavy atom. The molecule has 3 aromatic rings. The Bertz CT molecular complexity index is 1320. The van der Waals surface area contributed by atoms with Crippen LogP contribution in [0.2, 0.25) is 0 Å². The van der Waals surface area contributed by atoms with Crippen LogP contribution in [0.15, 0.2) is 42.5 Å². The minimum absolute atomic E-state index is 0.0365. The Hall–Kier alpha value is -3.42. The van der Waals surface area contributed by atoms with Gasteiger partial charge in [-0.05, 0) is 54.0 Å². The van der Waals surface area contributed by atoms with Gasteiger partial charge in [0.05, 0.1) is 17.6 Å². The number of nitrogens with zero attached hydrogens (tertiary/aromatic N) is 1. The van der Waals surface area contributed by atoms with E-state index in [1.54, 1.807) is 12.1 Å². The second-order valence-electron chi connectivity index (χ2n) is 7.67. The topological polar surface area (TPSA) is 124 Å². The molecule has 0 bridgehead atoms. The number of aromatic hydroxyl groups is 1. The van der Waals surface area contributed by atoms with Gasteiger partial charge >= 0.3 is 18.1 Å². The third-order valence-electron chi connectivity index (χ3n) is 5.09. The molecule has 0 aliphatic heterocycles. The lowest BCUT2D eigenvalue weighted by molar-refractivity contribution is -0.142. The first-order chi connectivity index (χ1) is 16.9. The lowest BCUT2D eigenvalue weighted by Crippen LogP contribution is -2.33. The van der Waals surface area contributed by atoms with Crippen molar-refractivity contribution in [3.8, 4) is 17.4 Å². The third-order valence-corrected chi connectivity index (χ3v) is 6.52. The number of carbonyl (C=O) groups is 2. The first-order valence-corrected chi connectivity index (χ1v) is 11.5. The van der Waals surface area contributed by atoms with Crippen molar-refractivity contribution < 1.29 is 42.4 Å². The molecule has 0 amide bonds. The number of nitrogens with two attached hydrogens (primary N) is 1. The van der Waals surface area contributed by atoms with Crippen molar-refractivity contribution in [3.63, 3.8) is 0 Å². The van der Waals surface area contributed by atoms with Crippen LogP contribution in [0, 0.1) is 3.95 Å². The molecule has 0 saturated carbocycles. The number of alkyl halides is 3. The van der Waals surface area contributed by atoms with Crippen molar-refractivity contribution in [1.29, 1.82) is 0 Å². The molecule has 36 heavy (non-hydrogen) atoms. The van der Waals surface area contributed by atoms with Crippen molar-refractivity contribution in [3.05, 3.63) is 68.0 Å². The van der Waals surface area contributed by atoms with Crippen LogP contribution in [0.25, 0.3) is 0 Å². The zero-order chi connectivity index (χ0) is 26.6. The number of ether oxygens (including phenoxy) is 2. The van der Waals surface area contributed by atoms with E-state index in [2.05, 4.69) is 4.74 Å². The summed E-state index contributed by atoms with van der Waals surface area (Å²) < 4.78 is 52.6. The number of methoxy groups -OCH3 is 1. The van der Waals surface area contributed by atoms with Crippen molar-refractivity contribution in [2.45, 2.75) is 31.6 Å². The van der Waals surface area contributed by atoms with Crippen LogP contribution in [0.1, 0.15) is 21.6 Å². The number of aromatic nitrogens is 1. The van der Waals surface area contributed by atoms with E-state index in [1.165, 1.54) is 31.4 Å². The van der Waals surface area contributed by atoms with E-state index in [0.29, 0.717) is 5.56 Å². The number of carboxylic acids is 1. The molecule has 0 fully saturated rings. The second-order valence-corrected chi connectivity index (χ2v) is 9.40. The molecule has 0 aliphatic rings. The maximum absolute atomic E-state index is 13.8. The van der Waals surface area contributed by atoms with Crippen LogP contribution in [-0.2, 0) is 39.9 Å². The highest BCUT2D eigenvalue weighted by Gasteiger charge is 2.34. The molecule has 1 heterocycles. The molecular formula is C23H21F3N2O6S2. The van der Waals surface area contributed by atoms with E-state index in [-0.39, 0.29) is 38.7 Å². The molecule has 0 saturated heterocycles. The standard InChI is InChI=1S/C23H21F3N2O6S2/c1-33-21(32)17(27)8-12-2-5-14(6-3-12)34-15-7-4-13(16(10-15)23(24,25)26)9-18-20(31)28(11-19(29)30)22(35)36-18/h2-7,10,17,31H,8-9,11,27H2,1H3,(H,29,30)/t17-/m0/s1. The van der Waals surface area contributed by atoms with Gasteiger partial charge in [0.25, 0.3) is 0 Å². The van der Waals surface area contributed by atoms with Crippen molar-refractivity contribution in [2.24, 2.45) is 5.73 Å². The summed E-state index contributed by atoms with van der Waals surface area (Å²) in [7, 11) is 1.23. The number of esters is 1. The second kappa shape index (κ2) is 11.1. The van der Waals surface area contributed by atoms with Crippen LogP contribution < -0.4 is 10.5 Å². The fraction of sp³-hybridized carbons (Fsp3) is 0.261. The minimum Gasteiger partial charge on any atom is -0.494 e. The van der Waals surface area contributed by atoms with Crippen LogP contribution in [0.3, 0.4) is 0 Å². The van der Waals surface area contributed by atoms with Gasteiger partial charge in [0, 0.05) is 6.42 Å². The Morgan fingerprint density at radius 3 is 2.39 bits per heavy atom. The highest BCUT2D eigenvalue weighted by atomic mass is 32.1. The molecule has 8 nitrogen and oxygen atoms in total. The first-order valence-electron chi connectivity index (χ1n) is 10.3. The quantitative estimate of drug-likeness (QED) is 0.267. The highest BCUT2D eigenvalue weighted by Crippen LogP contribution is 2.38. The summed E-state index contributed by atoms with van der Waals surface area (Å²) in [5.41, 5.74) is 5.33. The average Bonchev–Trinajstić information content (AvgIpc) is 3.07. The van der Waals surface area contributed by atoms with Crippen LogP contribution >= 0.6 is 23.6 Å². The Balaban J connectivity index is 1.82. The number of hydrogen-bond acceptors (Lipinski definition) is 8. The molecule has 0 aliphatic carbocycles. The van der Waals surface area contributed by atoms with Crippen molar-refractivity contribution >= 4 is 35.5 Å². The maximum Gasteiger partial charge on any atom is 0.416 e. The van der Waals surface area contributed by atoms with Crippen LogP contribution in [0.5, 0.6) is 17.4 Å². The predicted octanol–water partition coefficient (Wildman–Crippen LogP) is 4.51. The number of aliphatic carboxylic acids is 1. The number of halogens is 3. The first kappa shape index (κ1) is 27.2. The minimum atomic E-state index is -4.72. The molecule has 3 rings (SSSR count). The van der Waals surface area contributed by atoms with Gasteiger partial charge in [-0.15, -0.1) is 11.3 Å². The van der Waals surface area contributed by atoms with Crippen LogP contribution in [0.4, 0.5) is 13.2 Å². The summed E-state index contributed by atoms with van der Waals surface area (Å²) in [6, 6.07) is 8.93. The van der Waals surface area contributed by atoms with Gasteiger partial charge in [0.2, 0.25) is 5.88 Å². The molecule has 13 heteroatoms. The fourth-order valence-corrected chi connectivity index (χ4v) is 4.72. The number of benzene rings is 2. The monoisotopic (exact) mass is 542 g/mol. The van der Waals surface area contributed by atoms with Crippen LogP contribution in [-0.4, -0.2) is 39.9 Å². The van der Waals surface area contributed by atoms with E-state index in [4.69, 9.17) is 27.8 Å². The largest absolute Gasteiger partial charge is 0.494 e. The van der Waals surface area contributed by atoms with Gasteiger partial charge in [0.15, 0.2) is 3.95 Å². The molecule has 0 unspecified atom stereocenters. The van der Waals surface area contributed by atoms with E-state index in [1.807, 2.05) is 0 Å². The predicted molar refractivity (Wildman–Crippen MR) is 127 cm³/mol. The highest BCUT2D eigenvalue weighted by molar-refractivity contribution is 7.73.